The van der Waals surface area contributed by atoms with Gasteiger partial charge in [0.05, 0.1) is 18.5 Å². The molecule has 8 heteroatoms. The maximum absolute atomic E-state index is 11.0. The van der Waals surface area contributed by atoms with Crippen molar-refractivity contribution >= 4 is 10.0 Å². The molecular formula is C13H22N4O3S. The first-order valence-electron chi connectivity index (χ1n) is 7.39. The first kappa shape index (κ1) is 15.0. The van der Waals surface area contributed by atoms with Gasteiger partial charge in [-0.1, -0.05) is 0 Å². The van der Waals surface area contributed by atoms with E-state index in [4.69, 9.17) is 9.56 Å². The molecule has 1 aliphatic heterocycles. The number of oxazole rings is 1. The second-order valence-electron chi connectivity index (χ2n) is 5.92. The van der Waals surface area contributed by atoms with Crippen molar-refractivity contribution < 1.29 is 12.8 Å². The molecular weight excluding hydrogens is 292 g/mol. The predicted molar refractivity (Wildman–Crippen MR) is 78.2 cm³/mol. The number of piperazine rings is 1. The highest BCUT2D eigenvalue weighted by Crippen LogP contribution is 2.40. The minimum Gasteiger partial charge on any atom is -0.444 e. The van der Waals surface area contributed by atoms with Crippen LogP contribution in [-0.2, 0) is 16.6 Å². The van der Waals surface area contributed by atoms with Crippen LogP contribution in [0.5, 0.6) is 0 Å². The van der Waals surface area contributed by atoms with Crippen LogP contribution in [0.15, 0.2) is 10.6 Å². The van der Waals surface area contributed by atoms with E-state index in [1.165, 1.54) is 12.8 Å². The zero-order chi connectivity index (χ0) is 14.9. The molecule has 1 aliphatic carbocycles. The molecule has 0 aromatic carbocycles. The molecule has 0 amide bonds. The molecule has 2 heterocycles. The lowest BCUT2D eigenvalue weighted by Gasteiger charge is -2.33. The van der Waals surface area contributed by atoms with E-state index in [1.54, 1.807) is 0 Å². The van der Waals surface area contributed by atoms with Gasteiger partial charge < -0.3 is 4.42 Å². The average Bonchev–Trinajstić information content (AvgIpc) is 3.18. The summed E-state index contributed by atoms with van der Waals surface area (Å²) in [5.74, 6) is 2.44. The Morgan fingerprint density at radius 2 is 1.90 bits per heavy atom. The van der Waals surface area contributed by atoms with Crippen molar-refractivity contribution in [1.82, 2.24) is 14.8 Å². The van der Waals surface area contributed by atoms with Crippen LogP contribution in [-0.4, -0.2) is 61.7 Å². The van der Waals surface area contributed by atoms with Crippen LogP contribution in [0.3, 0.4) is 0 Å². The highest BCUT2D eigenvalue weighted by Gasteiger charge is 2.28. The number of primary sulfonamides is 1. The summed E-state index contributed by atoms with van der Waals surface area (Å²) in [6.45, 7) is 4.74. The summed E-state index contributed by atoms with van der Waals surface area (Å²) in [6, 6.07) is 0. The van der Waals surface area contributed by atoms with Crippen molar-refractivity contribution in [2.24, 2.45) is 5.14 Å². The summed E-state index contributed by atoms with van der Waals surface area (Å²) in [5, 5.41) is 5.03. The van der Waals surface area contributed by atoms with E-state index in [-0.39, 0.29) is 5.75 Å². The van der Waals surface area contributed by atoms with Gasteiger partial charge in [0.25, 0.3) is 0 Å². The lowest BCUT2D eigenvalue weighted by Crippen LogP contribution is -2.47. The Kier molecular flexibility index (Phi) is 4.30. The number of aromatic nitrogens is 1. The fraction of sp³-hybridized carbons (Fsp3) is 0.769. The van der Waals surface area contributed by atoms with Crippen molar-refractivity contribution in [3.63, 3.8) is 0 Å². The van der Waals surface area contributed by atoms with Crippen molar-refractivity contribution in [2.45, 2.75) is 25.3 Å². The molecule has 1 saturated carbocycles. The maximum atomic E-state index is 11.0. The minimum absolute atomic E-state index is 0.0253. The summed E-state index contributed by atoms with van der Waals surface area (Å²) >= 11 is 0. The van der Waals surface area contributed by atoms with E-state index >= 15 is 0 Å². The van der Waals surface area contributed by atoms with Gasteiger partial charge in [-0.15, -0.1) is 0 Å². The molecule has 0 bridgehead atoms. The molecule has 0 spiro atoms. The zero-order valence-electron chi connectivity index (χ0n) is 12.1. The quantitative estimate of drug-likeness (QED) is 0.792. The van der Waals surface area contributed by atoms with E-state index in [0.29, 0.717) is 12.5 Å². The second kappa shape index (κ2) is 6.04. The Morgan fingerprint density at radius 1 is 1.24 bits per heavy atom. The second-order valence-corrected chi connectivity index (χ2v) is 7.65. The number of rotatable bonds is 6. The Balaban J connectivity index is 1.42. The van der Waals surface area contributed by atoms with E-state index in [1.807, 2.05) is 6.20 Å². The van der Waals surface area contributed by atoms with Gasteiger partial charge in [0, 0.05) is 38.6 Å². The summed E-state index contributed by atoms with van der Waals surface area (Å²) in [7, 11) is -3.37. The molecule has 2 aliphatic rings. The van der Waals surface area contributed by atoms with Gasteiger partial charge >= 0.3 is 0 Å². The predicted octanol–water partition coefficient (Wildman–Crippen LogP) is -0.0419. The Hall–Kier alpha value is -0.960. The highest BCUT2D eigenvalue weighted by molar-refractivity contribution is 7.89. The van der Waals surface area contributed by atoms with Crippen LogP contribution in [0, 0.1) is 0 Å². The SMILES string of the molecule is NS(=O)(=O)CCN1CCN(Cc2ncc(C3CC3)o2)CC1. The fourth-order valence-electron chi connectivity index (χ4n) is 2.57. The van der Waals surface area contributed by atoms with Crippen molar-refractivity contribution in [2.75, 3.05) is 38.5 Å². The molecule has 2 fully saturated rings. The minimum atomic E-state index is -3.37. The molecule has 21 heavy (non-hydrogen) atoms. The third-order valence-corrected chi connectivity index (χ3v) is 4.82. The van der Waals surface area contributed by atoms with Crippen molar-refractivity contribution in [3.8, 4) is 0 Å². The number of hydrogen-bond donors (Lipinski definition) is 1. The molecule has 1 aromatic rings. The van der Waals surface area contributed by atoms with Gasteiger partial charge in [-0.2, -0.15) is 0 Å². The zero-order valence-corrected chi connectivity index (χ0v) is 12.9. The van der Waals surface area contributed by atoms with Crippen LogP contribution >= 0.6 is 0 Å². The molecule has 0 atom stereocenters. The average molecular weight is 314 g/mol. The van der Waals surface area contributed by atoms with Crippen LogP contribution in [0.1, 0.15) is 30.4 Å². The van der Waals surface area contributed by atoms with E-state index in [9.17, 15) is 8.42 Å². The number of sulfonamides is 1. The molecule has 118 valence electrons. The van der Waals surface area contributed by atoms with Crippen molar-refractivity contribution in [1.29, 1.82) is 0 Å². The highest BCUT2D eigenvalue weighted by atomic mass is 32.2. The first-order valence-corrected chi connectivity index (χ1v) is 9.11. The monoisotopic (exact) mass is 314 g/mol. The Morgan fingerprint density at radius 3 is 2.52 bits per heavy atom. The molecule has 7 nitrogen and oxygen atoms in total. The summed E-state index contributed by atoms with van der Waals surface area (Å²) in [4.78, 5) is 8.76. The van der Waals surface area contributed by atoms with Gasteiger partial charge in [-0.3, -0.25) is 9.80 Å². The Labute approximate surface area is 125 Å². The van der Waals surface area contributed by atoms with Crippen molar-refractivity contribution in [3.05, 3.63) is 17.8 Å². The van der Waals surface area contributed by atoms with Gasteiger partial charge in [0.1, 0.15) is 5.76 Å². The molecule has 0 radical (unpaired) electrons. The van der Waals surface area contributed by atoms with Crippen LogP contribution in [0.25, 0.3) is 0 Å². The van der Waals surface area contributed by atoms with Gasteiger partial charge in [-0.25, -0.2) is 18.5 Å². The Bertz CT molecular complexity index is 574. The third-order valence-electron chi connectivity index (χ3n) is 4.07. The first-order chi connectivity index (χ1) is 9.99. The standard InChI is InChI=1S/C13H22N4O3S/c14-21(18,19)8-7-16-3-5-17(6-4-16)10-13-15-9-12(20-13)11-1-2-11/h9,11H,1-8,10H2,(H2,14,18,19). The van der Waals surface area contributed by atoms with Gasteiger partial charge in [-0.05, 0) is 12.8 Å². The molecule has 0 unspecified atom stereocenters. The van der Waals surface area contributed by atoms with Gasteiger partial charge in [0.15, 0.2) is 0 Å². The lowest BCUT2D eigenvalue weighted by molar-refractivity contribution is 0.123. The number of nitrogens with zero attached hydrogens (tertiary/aromatic N) is 3. The molecule has 2 N–H and O–H groups in total. The van der Waals surface area contributed by atoms with E-state index < -0.39 is 10.0 Å². The fourth-order valence-corrected chi connectivity index (χ4v) is 3.09. The number of nitrogens with two attached hydrogens (primary N) is 1. The summed E-state index contributed by atoms with van der Waals surface area (Å²) in [6.07, 6.45) is 4.30. The molecule has 1 saturated heterocycles. The maximum Gasteiger partial charge on any atom is 0.210 e. The molecule has 1 aromatic heterocycles. The largest absolute Gasteiger partial charge is 0.444 e. The lowest BCUT2D eigenvalue weighted by atomic mass is 10.3. The summed E-state index contributed by atoms with van der Waals surface area (Å²) in [5.41, 5.74) is 0. The topological polar surface area (TPSA) is 92.7 Å². The number of hydrogen-bond acceptors (Lipinski definition) is 6. The summed E-state index contributed by atoms with van der Waals surface area (Å²) < 4.78 is 27.7. The smallest absolute Gasteiger partial charge is 0.210 e. The van der Waals surface area contributed by atoms with Gasteiger partial charge in [0.2, 0.25) is 15.9 Å². The van der Waals surface area contributed by atoms with E-state index in [2.05, 4.69) is 14.8 Å². The van der Waals surface area contributed by atoms with Crippen LogP contribution < -0.4 is 5.14 Å². The van der Waals surface area contributed by atoms with E-state index in [0.717, 1.165) is 44.4 Å². The third kappa shape index (κ3) is 4.50. The normalized spacial score (nSPS) is 21.8. The molecule has 3 rings (SSSR count). The van der Waals surface area contributed by atoms with Crippen LogP contribution in [0.2, 0.25) is 0 Å². The van der Waals surface area contributed by atoms with Crippen LogP contribution in [0.4, 0.5) is 0 Å².